The normalized spacial score (nSPS) is 10.4. The summed E-state index contributed by atoms with van der Waals surface area (Å²) in [5.41, 5.74) is 2.00. The molecule has 0 heterocycles. The van der Waals surface area contributed by atoms with Gasteiger partial charge in [0.2, 0.25) is 0 Å². The summed E-state index contributed by atoms with van der Waals surface area (Å²) >= 11 is 0. The third-order valence-corrected chi connectivity index (χ3v) is 2.95. The summed E-state index contributed by atoms with van der Waals surface area (Å²) in [7, 11) is 0. The SMILES string of the molecule is CCCCCCCC(=O)c1ccccc1C. The van der Waals surface area contributed by atoms with Crippen molar-refractivity contribution in [2.24, 2.45) is 0 Å². The number of aryl methyl sites for hydroxylation is 1. The molecule has 1 nitrogen and oxygen atoms in total. The molecule has 0 saturated heterocycles. The molecule has 1 aromatic rings. The molecule has 0 atom stereocenters. The molecule has 88 valence electrons. The second-order valence-corrected chi connectivity index (χ2v) is 4.40. The van der Waals surface area contributed by atoms with Crippen molar-refractivity contribution in [1.29, 1.82) is 0 Å². The maximum atomic E-state index is 11.9. The summed E-state index contributed by atoms with van der Waals surface area (Å²) in [6.45, 7) is 4.21. The van der Waals surface area contributed by atoms with Crippen LogP contribution in [0.4, 0.5) is 0 Å². The number of Topliss-reactive ketones (excluding diaryl/α,β-unsaturated/α-hetero) is 1. The number of hydrogen-bond acceptors (Lipinski definition) is 1. The Kier molecular flexibility index (Phi) is 5.84. The van der Waals surface area contributed by atoms with Gasteiger partial charge in [0, 0.05) is 12.0 Å². The van der Waals surface area contributed by atoms with Crippen molar-refractivity contribution < 1.29 is 4.79 Å². The first-order chi connectivity index (χ1) is 7.75. The van der Waals surface area contributed by atoms with E-state index in [0.717, 1.165) is 17.5 Å². The zero-order chi connectivity index (χ0) is 11.8. The van der Waals surface area contributed by atoms with Crippen LogP contribution in [0, 0.1) is 6.92 Å². The molecule has 0 saturated carbocycles. The largest absolute Gasteiger partial charge is 0.294 e. The van der Waals surface area contributed by atoms with E-state index in [0.29, 0.717) is 12.2 Å². The van der Waals surface area contributed by atoms with Crippen LogP contribution in [0.15, 0.2) is 24.3 Å². The van der Waals surface area contributed by atoms with Crippen molar-refractivity contribution in [3.63, 3.8) is 0 Å². The van der Waals surface area contributed by atoms with Crippen molar-refractivity contribution in [3.8, 4) is 0 Å². The fraction of sp³-hybridized carbons (Fsp3) is 0.533. The van der Waals surface area contributed by atoms with Gasteiger partial charge in [-0.3, -0.25) is 4.79 Å². The molecule has 16 heavy (non-hydrogen) atoms. The standard InChI is InChI=1S/C15H22O/c1-3-4-5-6-7-12-15(16)14-11-9-8-10-13(14)2/h8-11H,3-7,12H2,1-2H3. The first-order valence-electron chi connectivity index (χ1n) is 6.34. The molecule has 0 spiro atoms. The van der Waals surface area contributed by atoms with E-state index in [1.165, 1.54) is 25.7 Å². The van der Waals surface area contributed by atoms with E-state index in [-0.39, 0.29) is 0 Å². The van der Waals surface area contributed by atoms with Gasteiger partial charge in [0.15, 0.2) is 5.78 Å². The summed E-state index contributed by atoms with van der Waals surface area (Å²) in [5.74, 6) is 0.301. The molecule has 1 aromatic carbocycles. The smallest absolute Gasteiger partial charge is 0.163 e. The van der Waals surface area contributed by atoms with E-state index in [1.807, 2.05) is 31.2 Å². The highest BCUT2D eigenvalue weighted by Gasteiger charge is 2.07. The van der Waals surface area contributed by atoms with Gasteiger partial charge in [0.25, 0.3) is 0 Å². The van der Waals surface area contributed by atoms with Crippen LogP contribution in [0.2, 0.25) is 0 Å². The highest BCUT2D eigenvalue weighted by atomic mass is 16.1. The summed E-state index contributed by atoms with van der Waals surface area (Å²) < 4.78 is 0. The van der Waals surface area contributed by atoms with Crippen LogP contribution in [0.3, 0.4) is 0 Å². The topological polar surface area (TPSA) is 17.1 Å². The van der Waals surface area contributed by atoms with Gasteiger partial charge in [-0.15, -0.1) is 0 Å². The Morgan fingerprint density at radius 2 is 1.75 bits per heavy atom. The molecule has 0 aliphatic heterocycles. The van der Waals surface area contributed by atoms with Crippen molar-refractivity contribution in [1.82, 2.24) is 0 Å². The molecule has 0 aliphatic carbocycles. The quantitative estimate of drug-likeness (QED) is 0.485. The van der Waals surface area contributed by atoms with Gasteiger partial charge in [-0.05, 0) is 18.9 Å². The molecule has 0 bridgehead atoms. The van der Waals surface area contributed by atoms with E-state index in [2.05, 4.69) is 6.92 Å². The second kappa shape index (κ2) is 7.21. The lowest BCUT2D eigenvalue weighted by atomic mass is 10.00. The Balaban J connectivity index is 2.33. The molecule has 0 aliphatic rings. The zero-order valence-corrected chi connectivity index (χ0v) is 10.5. The van der Waals surface area contributed by atoms with Gasteiger partial charge in [0.1, 0.15) is 0 Å². The summed E-state index contributed by atoms with van der Waals surface area (Å²) in [4.78, 5) is 11.9. The van der Waals surface area contributed by atoms with Gasteiger partial charge in [0.05, 0.1) is 0 Å². The number of unbranched alkanes of at least 4 members (excludes halogenated alkanes) is 4. The van der Waals surface area contributed by atoms with Gasteiger partial charge in [-0.1, -0.05) is 56.9 Å². The maximum absolute atomic E-state index is 11.9. The maximum Gasteiger partial charge on any atom is 0.163 e. The summed E-state index contributed by atoms with van der Waals surface area (Å²) in [5, 5.41) is 0. The van der Waals surface area contributed by atoms with Crippen LogP contribution in [0.5, 0.6) is 0 Å². The van der Waals surface area contributed by atoms with Crippen LogP contribution in [0.1, 0.15) is 61.4 Å². The summed E-state index contributed by atoms with van der Waals surface area (Å²) in [6, 6.07) is 7.86. The zero-order valence-electron chi connectivity index (χ0n) is 10.5. The van der Waals surface area contributed by atoms with Crippen LogP contribution in [-0.2, 0) is 0 Å². The minimum atomic E-state index is 0.301. The van der Waals surface area contributed by atoms with E-state index in [1.54, 1.807) is 0 Å². The predicted molar refractivity (Wildman–Crippen MR) is 68.9 cm³/mol. The van der Waals surface area contributed by atoms with E-state index >= 15 is 0 Å². The second-order valence-electron chi connectivity index (χ2n) is 4.40. The molecule has 0 amide bonds. The molecule has 0 fully saturated rings. The number of carbonyl (C=O) groups is 1. The minimum absolute atomic E-state index is 0.301. The Hall–Kier alpha value is -1.11. The highest BCUT2D eigenvalue weighted by molar-refractivity contribution is 5.97. The van der Waals surface area contributed by atoms with E-state index in [4.69, 9.17) is 0 Å². The monoisotopic (exact) mass is 218 g/mol. The molecular weight excluding hydrogens is 196 g/mol. The lowest BCUT2D eigenvalue weighted by Gasteiger charge is -2.04. The summed E-state index contributed by atoms with van der Waals surface area (Å²) in [6.07, 6.45) is 6.73. The van der Waals surface area contributed by atoms with Crippen LogP contribution >= 0.6 is 0 Å². The van der Waals surface area contributed by atoms with Crippen molar-refractivity contribution in [2.45, 2.75) is 52.4 Å². The van der Waals surface area contributed by atoms with Gasteiger partial charge in [-0.2, -0.15) is 0 Å². The lowest BCUT2D eigenvalue weighted by Crippen LogP contribution is -2.01. The molecule has 1 rings (SSSR count). The van der Waals surface area contributed by atoms with Crippen LogP contribution < -0.4 is 0 Å². The van der Waals surface area contributed by atoms with Crippen molar-refractivity contribution in [3.05, 3.63) is 35.4 Å². The van der Waals surface area contributed by atoms with Crippen molar-refractivity contribution >= 4 is 5.78 Å². The third kappa shape index (κ3) is 4.18. The number of benzene rings is 1. The Bertz CT molecular complexity index is 328. The third-order valence-electron chi connectivity index (χ3n) is 2.95. The van der Waals surface area contributed by atoms with Crippen LogP contribution in [0.25, 0.3) is 0 Å². The molecule has 0 aromatic heterocycles. The van der Waals surface area contributed by atoms with Crippen molar-refractivity contribution in [2.75, 3.05) is 0 Å². The molecule has 0 unspecified atom stereocenters. The van der Waals surface area contributed by atoms with Crippen LogP contribution in [-0.4, -0.2) is 5.78 Å². The highest BCUT2D eigenvalue weighted by Crippen LogP contribution is 2.13. The first kappa shape index (κ1) is 13.0. The Morgan fingerprint density at radius 1 is 1.06 bits per heavy atom. The molecule has 0 radical (unpaired) electrons. The molecule has 1 heteroatoms. The number of rotatable bonds is 7. The van der Waals surface area contributed by atoms with Gasteiger partial charge >= 0.3 is 0 Å². The molecular formula is C15H22O. The number of carbonyl (C=O) groups excluding carboxylic acids is 1. The average Bonchev–Trinajstić information content (AvgIpc) is 2.29. The predicted octanol–water partition coefficient (Wildman–Crippen LogP) is 4.54. The number of hydrogen-bond donors (Lipinski definition) is 0. The van der Waals surface area contributed by atoms with E-state index in [9.17, 15) is 4.79 Å². The number of ketones is 1. The molecule has 0 N–H and O–H groups in total. The lowest BCUT2D eigenvalue weighted by molar-refractivity contribution is 0.0978. The fourth-order valence-electron chi connectivity index (χ4n) is 1.91. The Labute approximate surface area is 98.9 Å². The average molecular weight is 218 g/mol. The van der Waals surface area contributed by atoms with Gasteiger partial charge in [-0.25, -0.2) is 0 Å². The van der Waals surface area contributed by atoms with E-state index < -0.39 is 0 Å². The fourth-order valence-corrected chi connectivity index (χ4v) is 1.91. The first-order valence-corrected chi connectivity index (χ1v) is 6.34. The minimum Gasteiger partial charge on any atom is -0.294 e. The van der Waals surface area contributed by atoms with Gasteiger partial charge < -0.3 is 0 Å². The Morgan fingerprint density at radius 3 is 2.44 bits per heavy atom.